The summed E-state index contributed by atoms with van der Waals surface area (Å²) in [7, 11) is 1.37. The van der Waals surface area contributed by atoms with Crippen LogP contribution in [-0.4, -0.2) is 44.2 Å². The minimum Gasteiger partial charge on any atom is -0.465 e. The molecule has 0 heterocycles. The van der Waals surface area contributed by atoms with Crippen LogP contribution in [0.3, 0.4) is 0 Å². The Morgan fingerprint density at radius 3 is 2.63 bits per heavy atom. The molecule has 0 atom stereocenters. The third kappa shape index (κ3) is 4.44. The van der Waals surface area contributed by atoms with Crippen LogP contribution in [0, 0.1) is 0 Å². The molecule has 0 aliphatic carbocycles. The Kier molecular flexibility index (Phi) is 6.15. The van der Waals surface area contributed by atoms with Gasteiger partial charge in [0.2, 0.25) is 0 Å². The maximum Gasteiger partial charge on any atom is 0.340 e. The molecular formula is C14H23N3O2. The van der Waals surface area contributed by atoms with E-state index in [1.807, 2.05) is 6.07 Å². The molecule has 0 bridgehead atoms. The molecule has 1 rings (SSSR count). The Bertz CT molecular complexity index is 417. The minimum absolute atomic E-state index is 0.377. The topological polar surface area (TPSA) is 67.6 Å². The molecule has 0 unspecified atom stereocenters. The van der Waals surface area contributed by atoms with Crippen molar-refractivity contribution in [3.05, 3.63) is 23.8 Å². The molecule has 0 radical (unpaired) electrons. The van der Waals surface area contributed by atoms with Crippen molar-refractivity contribution >= 4 is 17.3 Å². The summed E-state index contributed by atoms with van der Waals surface area (Å²) >= 11 is 0. The summed E-state index contributed by atoms with van der Waals surface area (Å²) in [6.07, 6.45) is 0. The van der Waals surface area contributed by atoms with Gasteiger partial charge in [-0.05, 0) is 31.3 Å². The van der Waals surface area contributed by atoms with Crippen LogP contribution in [0.5, 0.6) is 0 Å². The molecule has 0 fully saturated rings. The molecular weight excluding hydrogens is 242 g/mol. The minimum atomic E-state index is -0.377. The second kappa shape index (κ2) is 7.63. The summed E-state index contributed by atoms with van der Waals surface area (Å²) in [5, 5.41) is 3.26. The van der Waals surface area contributed by atoms with Gasteiger partial charge in [0.15, 0.2) is 0 Å². The predicted molar refractivity (Wildman–Crippen MR) is 78.5 cm³/mol. The zero-order chi connectivity index (χ0) is 14.3. The van der Waals surface area contributed by atoms with Crippen molar-refractivity contribution in [2.45, 2.75) is 13.8 Å². The van der Waals surface area contributed by atoms with E-state index in [2.05, 4.69) is 24.1 Å². The molecule has 0 spiro atoms. The second-order valence-corrected chi connectivity index (χ2v) is 4.25. The number of benzene rings is 1. The van der Waals surface area contributed by atoms with Gasteiger partial charge in [-0.3, -0.25) is 0 Å². The fraction of sp³-hybridized carbons (Fsp3) is 0.500. The van der Waals surface area contributed by atoms with E-state index in [0.717, 1.165) is 31.9 Å². The third-order valence-corrected chi connectivity index (χ3v) is 3.09. The second-order valence-electron chi connectivity index (χ2n) is 4.25. The molecule has 19 heavy (non-hydrogen) atoms. The number of hydrogen-bond donors (Lipinski definition) is 2. The van der Waals surface area contributed by atoms with Gasteiger partial charge in [0.25, 0.3) is 0 Å². The van der Waals surface area contributed by atoms with Crippen molar-refractivity contribution in [1.82, 2.24) is 4.90 Å². The molecule has 0 aromatic heterocycles. The molecule has 3 N–H and O–H groups in total. The highest BCUT2D eigenvalue weighted by Gasteiger charge is 2.12. The van der Waals surface area contributed by atoms with Crippen molar-refractivity contribution < 1.29 is 9.53 Å². The molecule has 0 aliphatic heterocycles. The third-order valence-electron chi connectivity index (χ3n) is 3.09. The van der Waals surface area contributed by atoms with E-state index >= 15 is 0 Å². The van der Waals surface area contributed by atoms with Crippen molar-refractivity contribution in [3.8, 4) is 0 Å². The summed E-state index contributed by atoms with van der Waals surface area (Å²) < 4.78 is 4.76. The summed E-state index contributed by atoms with van der Waals surface area (Å²) in [5.41, 5.74) is 7.48. The van der Waals surface area contributed by atoms with E-state index in [1.165, 1.54) is 7.11 Å². The van der Waals surface area contributed by atoms with Gasteiger partial charge in [0.05, 0.1) is 12.7 Å². The van der Waals surface area contributed by atoms with Gasteiger partial charge in [-0.15, -0.1) is 0 Å². The summed E-state index contributed by atoms with van der Waals surface area (Å²) in [5.74, 6) is -0.377. The fourth-order valence-corrected chi connectivity index (χ4v) is 1.88. The number of hydrogen-bond acceptors (Lipinski definition) is 5. The number of methoxy groups -OCH3 is 1. The van der Waals surface area contributed by atoms with E-state index in [0.29, 0.717) is 11.3 Å². The van der Waals surface area contributed by atoms with Crippen molar-refractivity contribution in [1.29, 1.82) is 0 Å². The number of esters is 1. The van der Waals surface area contributed by atoms with Crippen LogP contribution in [-0.2, 0) is 4.74 Å². The first-order valence-electron chi connectivity index (χ1n) is 6.56. The largest absolute Gasteiger partial charge is 0.465 e. The maximum absolute atomic E-state index is 11.7. The smallest absolute Gasteiger partial charge is 0.340 e. The van der Waals surface area contributed by atoms with Gasteiger partial charge in [0.1, 0.15) is 0 Å². The summed E-state index contributed by atoms with van der Waals surface area (Å²) in [6.45, 7) is 8.00. The lowest BCUT2D eigenvalue weighted by Crippen LogP contribution is -2.29. The van der Waals surface area contributed by atoms with Crippen LogP contribution in [0.2, 0.25) is 0 Å². The standard InChI is InChI=1S/C14H23N3O2/c1-4-17(5-2)9-8-16-13-7-6-11(15)10-12(13)14(18)19-3/h6-7,10,16H,4-5,8-9,15H2,1-3H3. The fourth-order valence-electron chi connectivity index (χ4n) is 1.88. The van der Waals surface area contributed by atoms with Crippen LogP contribution in [0.15, 0.2) is 18.2 Å². The number of rotatable bonds is 7. The van der Waals surface area contributed by atoms with Crippen LogP contribution < -0.4 is 11.1 Å². The maximum atomic E-state index is 11.7. The van der Waals surface area contributed by atoms with E-state index < -0.39 is 0 Å². The van der Waals surface area contributed by atoms with Crippen LogP contribution >= 0.6 is 0 Å². The first-order valence-corrected chi connectivity index (χ1v) is 6.56. The number of nitrogens with zero attached hydrogens (tertiary/aromatic N) is 1. The number of carbonyl (C=O) groups excluding carboxylic acids is 1. The van der Waals surface area contributed by atoms with Crippen LogP contribution in [0.25, 0.3) is 0 Å². The lowest BCUT2D eigenvalue weighted by molar-refractivity contribution is 0.0602. The van der Waals surface area contributed by atoms with Gasteiger partial charge < -0.3 is 20.7 Å². The van der Waals surface area contributed by atoms with Gasteiger partial charge in [0, 0.05) is 24.5 Å². The van der Waals surface area contributed by atoms with Crippen LogP contribution in [0.4, 0.5) is 11.4 Å². The van der Waals surface area contributed by atoms with Gasteiger partial charge in [-0.25, -0.2) is 4.79 Å². The van der Waals surface area contributed by atoms with Crippen molar-refractivity contribution in [3.63, 3.8) is 0 Å². The molecule has 5 heteroatoms. The van der Waals surface area contributed by atoms with Gasteiger partial charge in [-0.2, -0.15) is 0 Å². The highest BCUT2D eigenvalue weighted by Crippen LogP contribution is 2.19. The quantitative estimate of drug-likeness (QED) is 0.581. The number of ether oxygens (including phenoxy) is 1. The molecule has 5 nitrogen and oxygen atoms in total. The predicted octanol–water partition coefficient (Wildman–Crippen LogP) is 1.81. The Labute approximate surface area is 114 Å². The number of anilines is 2. The Morgan fingerprint density at radius 1 is 1.37 bits per heavy atom. The Hall–Kier alpha value is -1.75. The first kappa shape index (κ1) is 15.3. The normalized spacial score (nSPS) is 10.5. The van der Waals surface area contributed by atoms with Gasteiger partial charge in [-0.1, -0.05) is 13.8 Å². The number of nitrogen functional groups attached to an aromatic ring is 1. The Balaban J connectivity index is 2.69. The Morgan fingerprint density at radius 2 is 2.05 bits per heavy atom. The van der Waals surface area contributed by atoms with E-state index in [4.69, 9.17) is 10.5 Å². The van der Waals surface area contributed by atoms with Crippen LogP contribution in [0.1, 0.15) is 24.2 Å². The zero-order valence-corrected chi connectivity index (χ0v) is 11.9. The number of likely N-dealkylation sites (N-methyl/N-ethyl adjacent to an activating group) is 1. The summed E-state index contributed by atoms with van der Waals surface area (Å²) in [6, 6.07) is 5.21. The molecule has 1 aromatic carbocycles. The number of nitrogens with one attached hydrogen (secondary N) is 1. The highest BCUT2D eigenvalue weighted by atomic mass is 16.5. The molecule has 0 amide bonds. The lowest BCUT2D eigenvalue weighted by atomic mass is 10.1. The molecule has 0 aliphatic rings. The van der Waals surface area contributed by atoms with E-state index in [1.54, 1.807) is 12.1 Å². The summed E-state index contributed by atoms with van der Waals surface area (Å²) in [4.78, 5) is 14.0. The molecule has 106 valence electrons. The SMILES string of the molecule is CCN(CC)CCNc1ccc(N)cc1C(=O)OC. The van der Waals surface area contributed by atoms with Crippen molar-refractivity contribution in [2.24, 2.45) is 0 Å². The molecule has 0 saturated carbocycles. The van der Waals surface area contributed by atoms with E-state index in [9.17, 15) is 4.79 Å². The monoisotopic (exact) mass is 265 g/mol. The molecule has 0 saturated heterocycles. The van der Waals surface area contributed by atoms with Gasteiger partial charge >= 0.3 is 5.97 Å². The average molecular weight is 265 g/mol. The number of nitrogens with two attached hydrogens (primary N) is 1. The van der Waals surface area contributed by atoms with Crippen molar-refractivity contribution in [2.75, 3.05) is 44.3 Å². The average Bonchev–Trinajstić information content (AvgIpc) is 2.44. The lowest BCUT2D eigenvalue weighted by Gasteiger charge is -2.19. The number of carbonyl (C=O) groups is 1. The van der Waals surface area contributed by atoms with E-state index in [-0.39, 0.29) is 5.97 Å². The highest BCUT2D eigenvalue weighted by molar-refractivity contribution is 5.96. The molecule has 1 aromatic rings. The zero-order valence-electron chi connectivity index (χ0n) is 11.9. The first-order chi connectivity index (χ1) is 9.12.